The van der Waals surface area contributed by atoms with Gasteiger partial charge >= 0.3 is 5.97 Å². The molecule has 8 heteroatoms. The van der Waals surface area contributed by atoms with E-state index < -0.39 is 9.84 Å². The number of carbonyl (C=O) groups excluding carboxylic acids is 1. The van der Waals surface area contributed by atoms with Crippen LogP contribution in [-0.4, -0.2) is 42.1 Å². The molecule has 0 saturated carbocycles. The maximum absolute atomic E-state index is 12.4. The summed E-state index contributed by atoms with van der Waals surface area (Å²) in [4.78, 5) is 16.9. The van der Waals surface area contributed by atoms with Crippen molar-refractivity contribution in [3.8, 4) is 0 Å². The highest BCUT2D eigenvalue weighted by Gasteiger charge is 2.17. The van der Waals surface area contributed by atoms with Crippen molar-refractivity contribution < 1.29 is 17.9 Å². The first kappa shape index (κ1) is 20.4. The van der Waals surface area contributed by atoms with Gasteiger partial charge in [-0.15, -0.1) is 0 Å². The van der Waals surface area contributed by atoms with Gasteiger partial charge in [-0.3, -0.25) is 0 Å². The maximum atomic E-state index is 12.4. The van der Waals surface area contributed by atoms with Crippen LogP contribution < -0.4 is 0 Å². The summed E-state index contributed by atoms with van der Waals surface area (Å²) in [6.07, 6.45) is 0. The fourth-order valence-corrected chi connectivity index (χ4v) is 5.60. The molecule has 1 heterocycles. The standard InChI is InChI=1S/C20H22N2O4S2/c1-3-22-18-11-10-15(19(23)26-4-2)14-17(18)21-20(22)27-12-13-28(24,25)16-8-6-5-7-9-16/h5-11,14H,3-4,12-13H2,1-2H3. The molecule has 3 rings (SSSR count). The predicted molar refractivity (Wildman–Crippen MR) is 111 cm³/mol. The summed E-state index contributed by atoms with van der Waals surface area (Å²) in [5, 5.41) is 0.738. The number of hydrogen-bond acceptors (Lipinski definition) is 6. The number of carbonyl (C=O) groups is 1. The molecule has 0 amide bonds. The minimum Gasteiger partial charge on any atom is -0.462 e. The topological polar surface area (TPSA) is 78.3 Å². The van der Waals surface area contributed by atoms with Crippen molar-refractivity contribution in [2.45, 2.75) is 30.4 Å². The van der Waals surface area contributed by atoms with E-state index in [1.54, 1.807) is 49.4 Å². The molecule has 3 aromatic rings. The molecular weight excluding hydrogens is 396 g/mol. The molecule has 0 unspecified atom stereocenters. The highest BCUT2D eigenvalue weighted by atomic mass is 32.2. The zero-order chi connectivity index (χ0) is 20.1. The van der Waals surface area contributed by atoms with Crippen LogP contribution in [0.1, 0.15) is 24.2 Å². The van der Waals surface area contributed by atoms with Gasteiger partial charge in [-0.25, -0.2) is 18.2 Å². The second kappa shape index (κ2) is 8.79. The van der Waals surface area contributed by atoms with Gasteiger partial charge in [0.1, 0.15) is 0 Å². The zero-order valence-corrected chi connectivity index (χ0v) is 17.4. The van der Waals surface area contributed by atoms with E-state index >= 15 is 0 Å². The lowest BCUT2D eigenvalue weighted by atomic mass is 10.2. The molecule has 0 fully saturated rings. The molecule has 0 aliphatic rings. The first-order valence-electron chi connectivity index (χ1n) is 9.04. The lowest BCUT2D eigenvalue weighted by Gasteiger charge is -2.07. The number of imidazole rings is 1. The van der Waals surface area contributed by atoms with Gasteiger partial charge in [-0.2, -0.15) is 0 Å². The van der Waals surface area contributed by atoms with Crippen LogP contribution in [0.2, 0.25) is 0 Å². The third-order valence-corrected chi connectivity index (χ3v) is 7.19. The lowest BCUT2D eigenvalue weighted by molar-refractivity contribution is 0.0526. The molecule has 0 N–H and O–H groups in total. The van der Waals surface area contributed by atoms with Crippen molar-refractivity contribution in [3.63, 3.8) is 0 Å². The fraction of sp³-hybridized carbons (Fsp3) is 0.300. The highest BCUT2D eigenvalue weighted by molar-refractivity contribution is 8.00. The number of hydrogen-bond donors (Lipinski definition) is 0. The summed E-state index contributed by atoms with van der Waals surface area (Å²) in [5.41, 5.74) is 2.06. The Hall–Kier alpha value is -2.32. The van der Waals surface area contributed by atoms with Gasteiger partial charge in [0.15, 0.2) is 15.0 Å². The van der Waals surface area contributed by atoms with Crippen molar-refractivity contribution in [2.75, 3.05) is 18.1 Å². The number of sulfone groups is 1. The average Bonchev–Trinajstić information content (AvgIpc) is 3.05. The van der Waals surface area contributed by atoms with Gasteiger partial charge in [0.25, 0.3) is 0 Å². The van der Waals surface area contributed by atoms with E-state index in [9.17, 15) is 13.2 Å². The minimum absolute atomic E-state index is 0.0304. The average molecular weight is 419 g/mol. The normalized spacial score (nSPS) is 11.6. The monoisotopic (exact) mass is 418 g/mol. The molecule has 28 heavy (non-hydrogen) atoms. The summed E-state index contributed by atoms with van der Waals surface area (Å²) in [6, 6.07) is 13.7. The van der Waals surface area contributed by atoms with Gasteiger partial charge in [0.05, 0.1) is 33.9 Å². The smallest absolute Gasteiger partial charge is 0.338 e. The minimum atomic E-state index is -3.32. The van der Waals surface area contributed by atoms with Crippen LogP contribution in [0.15, 0.2) is 58.6 Å². The van der Waals surface area contributed by atoms with E-state index in [-0.39, 0.29) is 11.7 Å². The van der Waals surface area contributed by atoms with Crippen molar-refractivity contribution in [1.29, 1.82) is 0 Å². The molecule has 0 atom stereocenters. The summed E-state index contributed by atoms with van der Waals surface area (Å²) < 4.78 is 31.9. The number of esters is 1. The highest BCUT2D eigenvalue weighted by Crippen LogP contribution is 2.26. The Morgan fingerprint density at radius 3 is 2.57 bits per heavy atom. The summed E-state index contributed by atoms with van der Waals surface area (Å²) in [7, 11) is -3.32. The molecule has 1 aromatic heterocycles. The molecular formula is C20H22N2O4S2. The van der Waals surface area contributed by atoms with Crippen LogP contribution in [0, 0.1) is 0 Å². The Balaban J connectivity index is 1.78. The number of rotatable bonds is 8. The molecule has 148 valence electrons. The SMILES string of the molecule is CCOC(=O)c1ccc2c(c1)nc(SCCS(=O)(=O)c1ccccc1)n2CC. The Morgan fingerprint density at radius 1 is 1.14 bits per heavy atom. The second-order valence-corrected chi connectivity index (χ2v) is 9.21. The van der Waals surface area contributed by atoms with Crippen LogP contribution in [0.4, 0.5) is 0 Å². The van der Waals surface area contributed by atoms with Crippen molar-refractivity contribution in [3.05, 3.63) is 54.1 Å². The Kier molecular flexibility index (Phi) is 6.41. The summed E-state index contributed by atoms with van der Waals surface area (Å²) in [5.74, 6) is 0.0483. The first-order valence-corrected chi connectivity index (χ1v) is 11.7. The number of nitrogens with zero attached hydrogens (tertiary/aromatic N) is 2. The van der Waals surface area contributed by atoms with E-state index in [1.807, 2.05) is 17.6 Å². The lowest BCUT2D eigenvalue weighted by Crippen LogP contribution is -2.09. The van der Waals surface area contributed by atoms with Gasteiger partial charge in [-0.05, 0) is 44.2 Å². The molecule has 0 saturated heterocycles. The van der Waals surface area contributed by atoms with E-state index in [2.05, 4.69) is 4.98 Å². The van der Waals surface area contributed by atoms with Gasteiger partial charge in [0, 0.05) is 12.3 Å². The predicted octanol–water partition coefficient (Wildman–Crippen LogP) is 3.80. The van der Waals surface area contributed by atoms with Crippen LogP contribution in [0.3, 0.4) is 0 Å². The third kappa shape index (κ3) is 4.39. The molecule has 0 spiro atoms. The quantitative estimate of drug-likeness (QED) is 0.409. The molecule has 0 aliphatic heterocycles. The summed E-state index contributed by atoms with van der Waals surface area (Å²) >= 11 is 1.40. The van der Waals surface area contributed by atoms with Gasteiger partial charge in [-0.1, -0.05) is 30.0 Å². The number of aryl methyl sites for hydroxylation is 1. The molecule has 0 radical (unpaired) electrons. The van der Waals surface area contributed by atoms with E-state index in [0.717, 1.165) is 10.7 Å². The number of ether oxygens (including phenoxy) is 1. The van der Waals surface area contributed by atoms with E-state index in [1.165, 1.54) is 11.8 Å². The number of thioether (sulfide) groups is 1. The van der Waals surface area contributed by atoms with Gasteiger partial charge in [0.2, 0.25) is 0 Å². The Bertz CT molecular complexity index is 1080. The second-order valence-electron chi connectivity index (χ2n) is 6.04. The third-order valence-electron chi connectivity index (χ3n) is 4.23. The Labute approximate surface area is 168 Å². The largest absolute Gasteiger partial charge is 0.462 e. The van der Waals surface area contributed by atoms with Gasteiger partial charge < -0.3 is 9.30 Å². The van der Waals surface area contributed by atoms with Crippen LogP contribution in [0.5, 0.6) is 0 Å². The summed E-state index contributed by atoms with van der Waals surface area (Å²) in [6.45, 7) is 4.78. The van der Waals surface area contributed by atoms with Crippen LogP contribution in [-0.2, 0) is 21.1 Å². The molecule has 2 aromatic carbocycles. The molecule has 6 nitrogen and oxygen atoms in total. The van der Waals surface area contributed by atoms with Crippen molar-refractivity contribution >= 4 is 38.6 Å². The zero-order valence-electron chi connectivity index (χ0n) is 15.8. The number of benzene rings is 2. The maximum Gasteiger partial charge on any atom is 0.338 e. The Morgan fingerprint density at radius 2 is 1.89 bits per heavy atom. The van der Waals surface area contributed by atoms with Crippen molar-refractivity contribution in [2.24, 2.45) is 0 Å². The number of aromatic nitrogens is 2. The first-order chi connectivity index (χ1) is 13.5. The van der Waals surface area contributed by atoms with E-state index in [4.69, 9.17) is 4.74 Å². The molecule has 0 aliphatic carbocycles. The van der Waals surface area contributed by atoms with Crippen LogP contribution in [0.25, 0.3) is 11.0 Å². The van der Waals surface area contributed by atoms with Crippen molar-refractivity contribution in [1.82, 2.24) is 9.55 Å². The van der Waals surface area contributed by atoms with Crippen LogP contribution >= 0.6 is 11.8 Å². The van der Waals surface area contributed by atoms with E-state index in [0.29, 0.717) is 34.9 Å². The number of fused-ring (bicyclic) bond motifs is 1. The fourth-order valence-electron chi connectivity index (χ4n) is 2.85. The molecule has 0 bridgehead atoms.